The van der Waals surface area contributed by atoms with Crippen LogP contribution in [0, 0.1) is 0 Å². The van der Waals surface area contributed by atoms with E-state index >= 15 is 0 Å². The number of aromatic nitrogens is 2. The molecular formula is C53H32N2S. The highest BCUT2D eigenvalue weighted by Crippen LogP contribution is 2.48. The highest BCUT2D eigenvalue weighted by molar-refractivity contribution is 7.27. The molecular weight excluding hydrogens is 697 g/mol. The number of benzene rings is 10. The molecule has 2 heterocycles. The quantitative estimate of drug-likeness (QED) is 0.130. The second-order valence-electron chi connectivity index (χ2n) is 14.6. The fourth-order valence-electron chi connectivity index (χ4n) is 9.16. The first-order chi connectivity index (χ1) is 27.8. The number of hydrogen-bond acceptors (Lipinski definition) is 2. The minimum atomic E-state index is 0.937. The lowest BCUT2D eigenvalue weighted by molar-refractivity contribution is 1.10. The molecule has 0 saturated heterocycles. The van der Waals surface area contributed by atoms with Gasteiger partial charge in [-0.1, -0.05) is 164 Å². The van der Waals surface area contributed by atoms with E-state index in [1.165, 1.54) is 85.5 Å². The molecule has 2 nitrogen and oxygen atoms in total. The second-order valence-corrected chi connectivity index (χ2v) is 15.7. The summed E-state index contributed by atoms with van der Waals surface area (Å²) in [6, 6.07) is 70.7. The van der Waals surface area contributed by atoms with Crippen molar-refractivity contribution in [2.45, 2.75) is 0 Å². The normalized spacial score (nSPS) is 11.9. The van der Waals surface area contributed by atoms with Crippen molar-refractivity contribution in [1.29, 1.82) is 0 Å². The molecule has 0 spiro atoms. The van der Waals surface area contributed by atoms with E-state index in [4.69, 9.17) is 4.98 Å². The van der Waals surface area contributed by atoms with Crippen molar-refractivity contribution in [2.24, 2.45) is 0 Å². The van der Waals surface area contributed by atoms with E-state index in [9.17, 15) is 0 Å². The number of thiophene rings is 1. The average Bonchev–Trinajstić information content (AvgIpc) is 3.85. The lowest BCUT2D eigenvalue weighted by Gasteiger charge is -2.18. The molecule has 0 bridgehead atoms. The SMILES string of the molecule is c1ccc(-n2c(-c3ccc(-c4c5ccccc5c(-c5ccc6c(c5)sc5c7ccccc7c7ccccc7c65)c5ccccc45)cc3)nc3ccccc32)cc1. The monoisotopic (exact) mass is 728 g/mol. The van der Waals surface area contributed by atoms with Crippen LogP contribution in [0.5, 0.6) is 0 Å². The number of imidazole rings is 1. The molecule has 0 saturated carbocycles. The van der Waals surface area contributed by atoms with Crippen molar-refractivity contribution < 1.29 is 0 Å². The third-order valence-corrected chi connectivity index (χ3v) is 12.8. The molecule has 2 aromatic heterocycles. The molecule has 0 radical (unpaired) electrons. The number of rotatable bonds is 4. The van der Waals surface area contributed by atoms with Gasteiger partial charge in [-0.25, -0.2) is 4.98 Å². The Kier molecular flexibility index (Phi) is 6.83. The van der Waals surface area contributed by atoms with Gasteiger partial charge >= 0.3 is 0 Å². The van der Waals surface area contributed by atoms with Gasteiger partial charge in [-0.2, -0.15) is 0 Å². The summed E-state index contributed by atoms with van der Waals surface area (Å²) in [5.41, 5.74) is 9.23. The fourth-order valence-corrected chi connectivity index (χ4v) is 10.5. The zero-order valence-corrected chi connectivity index (χ0v) is 31.1. The molecule has 12 rings (SSSR count). The van der Waals surface area contributed by atoms with Crippen LogP contribution < -0.4 is 0 Å². The Morgan fingerprint density at radius 1 is 0.375 bits per heavy atom. The van der Waals surface area contributed by atoms with Gasteiger partial charge in [-0.15, -0.1) is 11.3 Å². The largest absolute Gasteiger partial charge is 0.292 e. The van der Waals surface area contributed by atoms with Crippen molar-refractivity contribution in [3.8, 4) is 39.3 Å². The minimum Gasteiger partial charge on any atom is -0.292 e. The van der Waals surface area contributed by atoms with Gasteiger partial charge in [-0.05, 0) is 90.3 Å². The van der Waals surface area contributed by atoms with E-state index in [1.54, 1.807) is 0 Å². The Morgan fingerprint density at radius 2 is 0.875 bits per heavy atom. The lowest BCUT2D eigenvalue weighted by atomic mass is 9.85. The summed E-state index contributed by atoms with van der Waals surface area (Å²) in [6.45, 7) is 0. The van der Waals surface area contributed by atoms with Crippen LogP contribution in [0.1, 0.15) is 0 Å². The van der Waals surface area contributed by atoms with E-state index in [2.05, 4.69) is 199 Å². The Hall–Kier alpha value is -7.07. The molecule has 3 heteroatoms. The molecule has 0 aliphatic carbocycles. The summed E-state index contributed by atoms with van der Waals surface area (Å²) >= 11 is 1.92. The standard InChI is InChI=1S/C53H32N2S/c1-2-14-36(15-3-1)55-47-25-13-12-24-46(47)54-53(55)34-28-26-33(27-29-34)49-40-19-7-9-21-42(40)50(43-22-10-8-20-41(43)49)35-30-31-45-48(32-35)56-52-44-23-11-5-17-38(44)37-16-4-6-18-39(37)51(45)52/h1-32H. The van der Waals surface area contributed by atoms with Gasteiger partial charge in [-0.3, -0.25) is 4.57 Å². The number of hydrogen-bond donors (Lipinski definition) is 0. The Balaban J connectivity index is 1.05. The Morgan fingerprint density at radius 3 is 1.55 bits per heavy atom. The molecule has 0 aliphatic rings. The lowest BCUT2D eigenvalue weighted by Crippen LogP contribution is -1.97. The van der Waals surface area contributed by atoms with E-state index in [-0.39, 0.29) is 0 Å². The molecule has 260 valence electrons. The number of para-hydroxylation sites is 3. The van der Waals surface area contributed by atoms with Crippen LogP contribution >= 0.6 is 11.3 Å². The smallest absolute Gasteiger partial charge is 0.145 e. The van der Waals surface area contributed by atoms with Crippen LogP contribution in [0.15, 0.2) is 194 Å². The van der Waals surface area contributed by atoms with E-state index in [1.807, 2.05) is 11.3 Å². The minimum absolute atomic E-state index is 0.937. The van der Waals surface area contributed by atoms with Crippen LogP contribution in [0.4, 0.5) is 0 Å². The summed E-state index contributed by atoms with van der Waals surface area (Å²) in [5, 5.41) is 13.0. The Labute approximate surface area is 327 Å². The third kappa shape index (κ3) is 4.59. The van der Waals surface area contributed by atoms with Crippen molar-refractivity contribution >= 4 is 85.6 Å². The molecule has 0 atom stereocenters. The van der Waals surface area contributed by atoms with Crippen LogP contribution in [0.25, 0.3) is 114 Å². The van der Waals surface area contributed by atoms with Crippen molar-refractivity contribution in [3.05, 3.63) is 194 Å². The molecule has 0 unspecified atom stereocenters. The summed E-state index contributed by atoms with van der Waals surface area (Å²) in [5.74, 6) is 0.937. The highest BCUT2D eigenvalue weighted by Gasteiger charge is 2.20. The molecule has 12 aromatic rings. The maximum absolute atomic E-state index is 5.14. The van der Waals surface area contributed by atoms with E-state index in [0.29, 0.717) is 0 Å². The van der Waals surface area contributed by atoms with Gasteiger partial charge in [0.25, 0.3) is 0 Å². The van der Waals surface area contributed by atoms with Crippen LogP contribution in [-0.2, 0) is 0 Å². The van der Waals surface area contributed by atoms with Gasteiger partial charge in [0, 0.05) is 36.8 Å². The van der Waals surface area contributed by atoms with Gasteiger partial charge in [0.05, 0.1) is 11.0 Å². The summed E-state index contributed by atoms with van der Waals surface area (Å²) in [7, 11) is 0. The second kappa shape index (κ2) is 12.2. The van der Waals surface area contributed by atoms with Crippen LogP contribution in [0.3, 0.4) is 0 Å². The third-order valence-electron chi connectivity index (χ3n) is 11.6. The fraction of sp³-hybridized carbons (Fsp3) is 0. The summed E-state index contributed by atoms with van der Waals surface area (Å²) < 4.78 is 4.94. The zero-order chi connectivity index (χ0) is 36.7. The number of nitrogens with zero attached hydrogens (tertiary/aromatic N) is 2. The molecule has 10 aromatic carbocycles. The van der Waals surface area contributed by atoms with E-state index in [0.717, 1.165) is 28.1 Å². The van der Waals surface area contributed by atoms with Gasteiger partial charge < -0.3 is 0 Å². The molecule has 0 N–H and O–H groups in total. The predicted octanol–water partition coefficient (Wildman–Crippen LogP) is 15.0. The first kappa shape index (κ1) is 31.3. The van der Waals surface area contributed by atoms with Gasteiger partial charge in [0.2, 0.25) is 0 Å². The predicted molar refractivity (Wildman–Crippen MR) is 240 cm³/mol. The molecule has 0 fully saturated rings. The molecule has 56 heavy (non-hydrogen) atoms. The summed E-state index contributed by atoms with van der Waals surface area (Å²) in [6.07, 6.45) is 0. The maximum atomic E-state index is 5.14. The highest BCUT2D eigenvalue weighted by atomic mass is 32.1. The number of fused-ring (bicyclic) bond motifs is 11. The first-order valence-electron chi connectivity index (χ1n) is 19.1. The van der Waals surface area contributed by atoms with Crippen molar-refractivity contribution in [3.63, 3.8) is 0 Å². The first-order valence-corrected chi connectivity index (χ1v) is 19.9. The van der Waals surface area contributed by atoms with Crippen molar-refractivity contribution in [1.82, 2.24) is 9.55 Å². The van der Waals surface area contributed by atoms with Crippen molar-refractivity contribution in [2.75, 3.05) is 0 Å². The van der Waals surface area contributed by atoms with Gasteiger partial charge in [0.1, 0.15) is 5.82 Å². The van der Waals surface area contributed by atoms with Crippen LogP contribution in [-0.4, -0.2) is 9.55 Å². The van der Waals surface area contributed by atoms with Gasteiger partial charge in [0.15, 0.2) is 0 Å². The maximum Gasteiger partial charge on any atom is 0.145 e. The summed E-state index contributed by atoms with van der Waals surface area (Å²) in [4.78, 5) is 5.14. The zero-order valence-electron chi connectivity index (χ0n) is 30.3. The molecule has 0 amide bonds. The van der Waals surface area contributed by atoms with Crippen LogP contribution in [0.2, 0.25) is 0 Å². The van der Waals surface area contributed by atoms with E-state index < -0.39 is 0 Å². The molecule has 0 aliphatic heterocycles. The topological polar surface area (TPSA) is 17.8 Å². The Bertz CT molecular complexity index is 3460. The average molecular weight is 729 g/mol.